The third-order valence-electron chi connectivity index (χ3n) is 6.23. The van der Waals surface area contributed by atoms with Crippen LogP contribution in [-0.4, -0.2) is 34.8 Å². The van der Waals surface area contributed by atoms with Gasteiger partial charge in [-0.2, -0.15) is 5.26 Å². The van der Waals surface area contributed by atoms with Gasteiger partial charge < -0.3 is 19.7 Å². The fourth-order valence-electron chi connectivity index (χ4n) is 4.46. The molecule has 0 saturated carbocycles. The Kier molecular flexibility index (Phi) is 8.04. The number of benzene rings is 3. The Labute approximate surface area is 213 Å². The number of carbonyl (C=O) groups excluding carboxylic acids is 1. The van der Waals surface area contributed by atoms with Crippen LogP contribution in [0, 0.1) is 11.3 Å². The van der Waals surface area contributed by atoms with Gasteiger partial charge in [0.1, 0.15) is 5.75 Å². The zero-order chi connectivity index (χ0) is 25.5. The molecule has 4 aromatic rings. The van der Waals surface area contributed by atoms with Crippen LogP contribution in [0.5, 0.6) is 5.75 Å². The number of nitrogens with zero attached hydrogens (tertiary/aromatic N) is 2. The van der Waals surface area contributed by atoms with Crippen LogP contribution in [0.15, 0.2) is 72.9 Å². The van der Waals surface area contributed by atoms with Gasteiger partial charge in [-0.05, 0) is 53.3 Å². The van der Waals surface area contributed by atoms with Crippen molar-refractivity contribution in [1.29, 1.82) is 5.26 Å². The number of carbonyl (C=O) groups is 1. The van der Waals surface area contributed by atoms with E-state index in [1.165, 1.54) is 0 Å². The summed E-state index contributed by atoms with van der Waals surface area (Å²) in [5, 5.41) is 23.3. The average molecular weight is 484 g/mol. The first-order chi connectivity index (χ1) is 17.5. The average Bonchev–Trinajstić information content (AvgIpc) is 3.22. The Bertz CT molecular complexity index is 1410. The van der Waals surface area contributed by atoms with Crippen molar-refractivity contribution in [3.63, 3.8) is 0 Å². The first kappa shape index (κ1) is 25.0. The third kappa shape index (κ3) is 5.59. The number of fused-ring (bicyclic) bond motifs is 1. The highest BCUT2D eigenvalue weighted by Gasteiger charge is 2.20. The zero-order valence-corrected chi connectivity index (χ0v) is 20.7. The number of rotatable bonds is 10. The molecule has 0 unspecified atom stereocenters. The third-order valence-corrected chi connectivity index (χ3v) is 6.23. The van der Waals surface area contributed by atoms with Crippen LogP contribution >= 0.6 is 0 Å². The topological polar surface area (TPSA) is 87.3 Å². The lowest BCUT2D eigenvalue weighted by molar-refractivity contribution is 0.0912. The van der Waals surface area contributed by atoms with Gasteiger partial charge in [0, 0.05) is 25.6 Å². The normalized spacial score (nSPS) is 11.7. The molecule has 1 amide bonds. The van der Waals surface area contributed by atoms with Gasteiger partial charge in [0.2, 0.25) is 0 Å². The first-order valence-electron chi connectivity index (χ1n) is 12.2. The number of para-hydroxylation sites is 1. The van der Waals surface area contributed by atoms with Gasteiger partial charge in [0.25, 0.3) is 5.91 Å². The standard InChI is InChI=1S/C30H31N3O3.H2/c1-3-15-36-29-12-11-23(22-8-6-7-21(16-22)13-14-31)18-27(29)30(35)32-25(20-34)17-24-19-33(2)28-10-5-4-9-26(24)28;/h4-12,16,18-19,25,34H,3,13,15,17,20H2,1-2H3,(H,32,35);1H/t25-;/m1./s1. The van der Waals surface area contributed by atoms with Crippen LogP contribution in [0.1, 0.15) is 36.3 Å². The van der Waals surface area contributed by atoms with Gasteiger partial charge in [-0.1, -0.05) is 55.5 Å². The zero-order valence-electron chi connectivity index (χ0n) is 20.7. The molecule has 0 aliphatic rings. The molecule has 4 rings (SSSR count). The van der Waals surface area contributed by atoms with Crippen LogP contribution in [0.3, 0.4) is 0 Å². The lowest BCUT2D eigenvalue weighted by atomic mass is 9.99. The summed E-state index contributed by atoms with van der Waals surface area (Å²) in [6.45, 7) is 2.33. The van der Waals surface area contributed by atoms with Crippen molar-refractivity contribution in [2.75, 3.05) is 13.2 Å². The Hall–Kier alpha value is -4.08. The van der Waals surface area contributed by atoms with E-state index in [2.05, 4.69) is 28.1 Å². The second-order valence-electron chi connectivity index (χ2n) is 8.93. The van der Waals surface area contributed by atoms with Gasteiger partial charge in [-0.15, -0.1) is 0 Å². The summed E-state index contributed by atoms with van der Waals surface area (Å²) >= 11 is 0. The number of amides is 1. The Morgan fingerprint density at radius 1 is 1.14 bits per heavy atom. The summed E-state index contributed by atoms with van der Waals surface area (Å²) in [7, 11) is 1.99. The molecule has 0 bridgehead atoms. The quantitative estimate of drug-likeness (QED) is 0.321. The lowest BCUT2D eigenvalue weighted by Gasteiger charge is -2.18. The Balaban J connectivity index is 0.00000380. The predicted octanol–water partition coefficient (Wildman–Crippen LogP) is 5.28. The molecule has 1 atom stereocenters. The number of hydrogen-bond acceptors (Lipinski definition) is 4. The molecule has 6 nitrogen and oxygen atoms in total. The highest BCUT2D eigenvalue weighted by atomic mass is 16.5. The number of aromatic nitrogens is 1. The Morgan fingerprint density at radius 2 is 1.94 bits per heavy atom. The fraction of sp³-hybridized carbons (Fsp3) is 0.267. The molecule has 0 radical (unpaired) electrons. The summed E-state index contributed by atoms with van der Waals surface area (Å²) in [5.74, 6) is 0.212. The summed E-state index contributed by atoms with van der Waals surface area (Å²) in [5.41, 5.74) is 5.30. The molecular weight excluding hydrogens is 450 g/mol. The summed E-state index contributed by atoms with van der Waals surface area (Å²) in [4.78, 5) is 13.5. The molecular formula is C30H33N3O3. The van der Waals surface area contributed by atoms with Crippen LogP contribution < -0.4 is 10.1 Å². The highest BCUT2D eigenvalue weighted by Crippen LogP contribution is 2.28. The first-order valence-corrected chi connectivity index (χ1v) is 12.2. The number of hydrogen-bond donors (Lipinski definition) is 2. The van der Waals surface area contributed by atoms with E-state index in [-0.39, 0.29) is 13.9 Å². The molecule has 0 aliphatic carbocycles. The van der Waals surface area contributed by atoms with Gasteiger partial charge in [0.05, 0.1) is 37.3 Å². The van der Waals surface area contributed by atoms with Crippen LogP contribution in [0.4, 0.5) is 0 Å². The number of nitrogens with one attached hydrogen (secondary N) is 1. The van der Waals surface area contributed by atoms with Gasteiger partial charge in [0.15, 0.2) is 0 Å². The van der Waals surface area contributed by atoms with E-state index in [9.17, 15) is 9.90 Å². The molecule has 0 fully saturated rings. The van der Waals surface area contributed by atoms with Crippen molar-refractivity contribution in [3.05, 3.63) is 89.6 Å². The van der Waals surface area contributed by atoms with Crippen molar-refractivity contribution in [3.8, 4) is 22.9 Å². The largest absolute Gasteiger partial charge is 0.493 e. The fourth-order valence-corrected chi connectivity index (χ4v) is 4.46. The van der Waals surface area contributed by atoms with E-state index < -0.39 is 6.04 Å². The highest BCUT2D eigenvalue weighted by molar-refractivity contribution is 5.98. The van der Waals surface area contributed by atoms with Crippen molar-refractivity contribution < 1.29 is 16.1 Å². The second kappa shape index (κ2) is 11.6. The minimum atomic E-state index is -0.454. The van der Waals surface area contributed by atoms with Gasteiger partial charge in [-0.25, -0.2) is 0 Å². The molecule has 0 saturated heterocycles. The van der Waals surface area contributed by atoms with Crippen molar-refractivity contribution in [2.45, 2.75) is 32.2 Å². The molecule has 6 heteroatoms. The summed E-state index contributed by atoms with van der Waals surface area (Å²) in [6.07, 6.45) is 3.69. The predicted molar refractivity (Wildman–Crippen MR) is 144 cm³/mol. The van der Waals surface area contributed by atoms with Gasteiger partial charge in [-0.3, -0.25) is 4.79 Å². The maximum atomic E-state index is 13.5. The van der Waals surface area contributed by atoms with E-state index in [1.807, 2.05) is 74.8 Å². The molecule has 1 heterocycles. The number of aryl methyl sites for hydroxylation is 1. The maximum Gasteiger partial charge on any atom is 0.255 e. The molecule has 3 aromatic carbocycles. The lowest BCUT2D eigenvalue weighted by Crippen LogP contribution is -2.39. The van der Waals surface area contributed by atoms with Crippen LogP contribution in [-0.2, 0) is 19.9 Å². The monoisotopic (exact) mass is 483 g/mol. The van der Waals surface area contributed by atoms with E-state index >= 15 is 0 Å². The molecule has 36 heavy (non-hydrogen) atoms. The summed E-state index contributed by atoms with van der Waals surface area (Å²) in [6, 6.07) is 23.1. The van der Waals surface area contributed by atoms with E-state index in [1.54, 1.807) is 0 Å². The van der Waals surface area contributed by atoms with Crippen LogP contribution in [0.2, 0.25) is 0 Å². The molecule has 2 N–H and O–H groups in total. The van der Waals surface area contributed by atoms with Crippen LogP contribution in [0.25, 0.3) is 22.0 Å². The Morgan fingerprint density at radius 3 is 2.72 bits per heavy atom. The minimum absolute atomic E-state index is 0. The minimum Gasteiger partial charge on any atom is -0.493 e. The number of aliphatic hydroxyl groups is 1. The van der Waals surface area contributed by atoms with Gasteiger partial charge >= 0.3 is 0 Å². The second-order valence-corrected chi connectivity index (χ2v) is 8.93. The van der Waals surface area contributed by atoms with Crippen molar-refractivity contribution >= 4 is 16.8 Å². The number of ether oxygens (including phenoxy) is 1. The SMILES string of the molecule is CCCOc1ccc(-c2cccc(CC#N)c2)cc1C(=O)N[C@@H](CO)Cc1cn(C)c2ccccc12.[HH]. The smallest absolute Gasteiger partial charge is 0.255 e. The molecule has 0 aliphatic heterocycles. The number of nitriles is 1. The molecule has 0 spiro atoms. The molecule has 1 aromatic heterocycles. The van der Waals surface area contributed by atoms with E-state index in [0.717, 1.165) is 39.6 Å². The molecule has 186 valence electrons. The van der Waals surface area contributed by atoms with E-state index in [0.29, 0.717) is 30.8 Å². The van der Waals surface area contributed by atoms with Crippen molar-refractivity contribution in [1.82, 2.24) is 9.88 Å². The van der Waals surface area contributed by atoms with Crippen molar-refractivity contribution in [2.24, 2.45) is 7.05 Å². The number of aliphatic hydroxyl groups excluding tert-OH is 1. The van der Waals surface area contributed by atoms with E-state index in [4.69, 9.17) is 10.00 Å². The maximum absolute atomic E-state index is 13.5. The summed E-state index contributed by atoms with van der Waals surface area (Å²) < 4.78 is 7.94.